The number of aliphatic hydroxyl groups is 5. The SMILES string of the molecule is O=c1ccn([C@@H]2O[C@H](CO)[C@](O)(OP(O)(=S)OC(O)[C@H]3O[C@@H](n4ccc(=O)[nH]c4=O)[C@H](O)[C@@H]3O)C2F)c(=O)[nH]1. The molecular weight excluding hydrogens is 578 g/mol. The van der Waals surface area contributed by atoms with Gasteiger partial charge in [-0.25, -0.2) is 14.0 Å². The first kappa shape index (κ1) is 29.5. The zero-order valence-corrected chi connectivity index (χ0v) is 20.9. The first-order valence-electron chi connectivity index (χ1n) is 10.9. The van der Waals surface area contributed by atoms with Crippen LogP contribution in [0.1, 0.15) is 12.5 Å². The minimum Gasteiger partial charge on any atom is -0.393 e. The molecule has 4 rings (SSSR count). The third-order valence-corrected chi connectivity index (χ3v) is 7.37. The van der Waals surface area contributed by atoms with Crippen molar-refractivity contribution in [3.05, 3.63) is 66.2 Å². The first-order chi connectivity index (χ1) is 18.2. The lowest BCUT2D eigenvalue weighted by atomic mass is 10.1. The summed E-state index contributed by atoms with van der Waals surface area (Å²) >= 11 is 4.73. The largest absolute Gasteiger partial charge is 0.393 e. The molecule has 39 heavy (non-hydrogen) atoms. The van der Waals surface area contributed by atoms with Gasteiger partial charge in [-0.15, -0.1) is 0 Å². The second kappa shape index (κ2) is 10.8. The zero-order chi connectivity index (χ0) is 28.9. The van der Waals surface area contributed by atoms with E-state index in [1.165, 1.54) is 0 Å². The molecule has 2 aliphatic heterocycles. The molecule has 216 valence electrons. The van der Waals surface area contributed by atoms with Crippen molar-refractivity contribution in [3.8, 4) is 0 Å². The van der Waals surface area contributed by atoms with Gasteiger partial charge in [0, 0.05) is 24.5 Å². The molecular formula is C18H22FN4O14PS. The summed E-state index contributed by atoms with van der Waals surface area (Å²) in [5.41, 5.74) is -3.77. The average molecular weight is 600 g/mol. The fourth-order valence-electron chi connectivity index (χ4n) is 4.02. The number of hydrogen-bond acceptors (Lipinski definition) is 14. The number of alkyl halides is 1. The Labute approximate surface area is 219 Å². The van der Waals surface area contributed by atoms with Crippen LogP contribution in [-0.2, 0) is 30.3 Å². The molecule has 0 amide bonds. The Balaban J connectivity index is 1.52. The van der Waals surface area contributed by atoms with Crippen LogP contribution < -0.4 is 22.5 Å². The molecule has 2 saturated heterocycles. The van der Waals surface area contributed by atoms with Gasteiger partial charge >= 0.3 is 18.1 Å². The monoisotopic (exact) mass is 600 g/mol. The Bertz CT molecular complexity index is 1500. The van der Waals surface area contributed by atoms with Crippen LogP contribution >= 0.6 is 6.72 Å². The van der Waals surface area contributed by atoms with Crippen molar-refractivity contribution < 1.29 is 53.3 Å². The smallest absolute Gasteiger partial charge is 0.330 e. The Morgan fingerprint density at radius 1 is 1.05 bits per heavy atom. The van der Waals surface area contributed by atoms with E-state index in [2.05, 4.69) is 0 Å². The van der Waals surface area contributed by atoms with Gasteiger partial charge in [0.1, 0.15) is 24.4 Å². The molecule has 0 saturated carbocycles. The summed E-state index contributed by atoms with van der Waals surface area (Å²) in [6.45, 7) is -6.06. The molecule has 2 aliphatic rings. The van der Waals surface area contributed by atoms with Crippen LogP contribution in [0.25, 0.3) is 0 Å². The van der Waals surface area contributed by atoms with E-state index in [4.69, 9.17) is 30.3 Å². The summed E-state index contributed by atoms with van der Waals surface area (Å²) < 4.78 is 36.6. The highest BCUT2D eigenvalue weighted by Crippen LogP contribution is 2.54. The summed E-state index contributed by atoms with van der Waals surface area (Å²) in [4.78, 5) is 60.8. The molecule has 10 atom stereocenters. The van der Waals surface area contributed by atoms with Gasteiger partial charge < -0.3 is 39.9 Å². The highest BCUT2D eigenvalue weighted by molar-refractivity contribution is 8.07. The number of nitrogens with one attached hydrogen (secondary N) is 2. The van der Waals surface area contributed by atoms with Gasteiger partial charge in [-0.2, -0.15) is 0 Å². The molecule has 2 fully saturated rings. The van der Waals surface area contributed by atoms with E-state index in [0.717, 1.165) is 24.5 Å². The van der Waals surface area contributed by atoms with Crippen molar-refractivity contribution >= 4 is 18.5 Å². The topological polar surface area (TPSA) is 268 Å². The number of aromatic nitrogens is 4. The Kier molecular flexibility index (Phi) is 8.21. The standard InChI is InChI=1S/C18H22FN4O14PS/c19-12-14(23-4-2-8(26)21-17(23)31)34-6(5-24)18(12,32)37-38(33,39)36-15(29)11-9(27)10(28)13(35-11)22-3-1-7(25)20-16(22)30/h1-4,6,9-15,24,27-29,32H,5H2,(H,33,39)(H,20,25,30)(H,21,26,31)/t6-,9+,10-,11+,12?,13-,14-,15?,18+,38?/m1/s1. The summed E-state index contributed by atoms with van der Waals surface area (Å²) in [5.74, 6) is -3.26. The van der Waals surface area contributed by atoms with Crippen molar-refractivity contribution in [2.75, 3.05) is 6.61 Å². The number of aromatic amines is 2. The van der Waals surface area contributed by atoms with Crippen LogP contribution in [0.3, 0.4) is 0 Å². The molecule has 8 N–H and O–H groups in total. The summed E-state index contributed by atoms with van der Waals surface area (Å²) in [6, 6.07) is 1.75. The Hall–Kier alpha value is -2.46. The van der Waals surface area contributed by atoms with Crippen molar-refractivity contribution in [3.63, 3.8) is 0 Å². The lowest BCUT2D eigenvalue weighted by Crippen LogP contribution is -2.50. The van der Waals surface area contributed by atoms with Gasteiger partial charge in [0.05, 0.1) is 6.61 Å². The molecule has 3 unspecified atom stereocenters. The number of rotatable bonds is 8. The van der Waals surface area contributed by atoms with E-state index < -0.39 is 90.9 Å². The minimum atomic E-state index is -4.93. The molecule has 0 aromatic carbocycles. The maximum Gasteiger partial charge on any atom is 0.330 e. The van der Waals surface area contributed by atoms with Crippen molar-refractivity contribution in [2.24, 2.45) is 0 Å². The van der Waals surface area contributed by atoms with E-state index in [-0.39, 0.29) is 0 Å². The molecule has 2 aromatic rings. The highest BCUT2D eigenvalue weighted by atomic mass is 32.5. The number of hydrogen-bond donors (Lipinski definition) is 8. The molecule has 4 heterocycles. The van der Waals surface area contributed by atoms with Gasteiger partial charge in [-0.05, 0) is 11.8 Å². The molecule has 0 spiro atoms. The minimum absolute atomic E-state index is 0.523. The number of aliphatic hydroxyl groups excluding tert-OH is 4. The van der Waals surface area contributed by atoms with Crippen molar-refractivity contribution in [1.82, 2.24) is 19.1 Å². The van der Waals surface area contributed by atoms with E-state index in [1.807, 2.05) is 9.97 Å². The van der Waals surface area contributed by atoms with Crippen LogP contribution in [0.15, 0.2) is 43.7 Å². The van der Waals surface area contributed by atoms with Crippen LogP contribution in [0.4, 0.5) is 4.39 Å². The van der Waals surface area contributed by atoms with Crippen molar-refractivity contribution in [2.45, 2.75) is 55.1 Å². The van der Waals surface area contributed by atoms with E-state index in [0.29, 0.717) is 9.13 Å². The lowest BCUT2D eigenvalue weighted by molar-refractivity contribution is -0.218. The number of nitrogens with zero attached hydrogens (tertiary/aromatic N) is 2. The van der Waals surface area contributed by atoms with Gasteiger partial charge in [-0.1, -0.05) is 0 Å². The highest BCUT2D eigenvalue weighted by Gasteiger charge is 2.61. The van der Waals surface area contributed by atoms with Gasteiger partial charge in [-0.3, -0.25) is 37.7 Å². The van der Waals surface area contributed by atoms with Crippen molar-refractivity contribution in [1.29, 1.82) is 0 Å². The van der Waals surface area contributed by atoms with E-state index in [9.17, 15) is 49.6 Å². The maximum absolute atomic E-state index is 15.4. The third kappa shape index (κ3) is 5.59. The third-order valence-electron chi connectivity index (χ3n) is 5.89. The van der Waals surface area contributed by atoms with E-state index >= 15 is 4.39 Å². The molecule has 21 heteroatoms. The molecule has 0 aliphatic carbocycles. The van der Waals surface area contributed by atoms with Crippen LogP contribution in [0.2, 0.25) is 0 Å². The van der Waals surface area contributed by atoms with Gasteiger partial charge in [0.15, 0.2) is 18.7 Å². The Morgan fingerprint density at radius 2 is 1.59 bits per heavy atom. The summed E-state index contributed by atoms with van der Waals surface area (Å²) in [5, 5.41) is 51.4. The normalized spacial score (nSPS) is 35.1. The second-order valence-corrected chi connectivity index (χ2v) is 11.1. The maximum atomic E-state index is 15.4. The Morgan fingerprint density at radius 3 is 2.10 bits per heavy atom. The molecule has 18 nitrogen and oxygen atoms in total. The molecule has 0 bridgehead atoms. The number of ether oxygens (including phenoxy) is 2. The first-order valence-corrected chi connectivity index (χ1v) is 13.4. The van der Waals surface area contributed by atoms with Crippen LogP contribution in [-0.4, -0.2) is 98.8 Å². The number of H-pyrrole nitrogens is 2. The molecule has 2 aromatic heterocycles. The van der Waals surface area contributed by atoms with E-state index in [1.54, 1.807) is 0 Å². The average Bonchev–Trinajstić information content (AvgIpc) is 3.26. The predicted molar refractivity (Wildman–Crippen MR) is 124 cm³/mol. The second-order valence-electron chi connectivity index (χ2n) is 8.41. The zero-order valence-electron chi connectivity index (χ0n) is 19.2. The van der Waals surface area contributed by atoms with Gasteiger partial charge in [0.25, 0.3) is 11.1 Å². The lowest BCUT2D eigenvalue weighted by Gasteiger charge is -2.33. The quantitative estimate of drug-likeness (QED) is 0.104. The van der Waals surface area contributed by atoms with Gasteiger partial charge in [0.2, 0.25) is 12.0 Å². The van der Waals surface area contributed by atoms with Crippen LogP contribution in [0, 0.1) is 0 Å². The summed E-state index contributed by atoms with van der Waals surface area (Å²) in [6.07, 6.45) is -14.7. The number of halogens is 1. The van der Waals surface area contributed by atoms with Crippen LogP contribution in [0.5, 0.6) is 0 Å². The predicted octanol–water partition coefficient (Wildman–Crippen LogP) is -4.81. The molecule has 0 radical (unpaired) electrons. The fourth-order valence-corrected chi connectivity index (χ4v) is 5.66. The summed E-state index contributed by atoms with van der Waals surface area (Å²) in [7, 11) is 0. The fraction of sp³-hybridized carbons (Fsp3) is 0.556.